The van der Waals surface area contributed by atoms with Crippen LogP contribution in [0.2, 0.25) is 0 Å². The third kappa shape index (κ3) is 3.30. The topological polar surface area (TPSA) is 87.7 Å². The number of amides is 2. The first-order valence-electron chi connectivity index (χ1n) is 8.82. The molecule has 0 aliphatic carbocycles. The van der Waals surface area contributed by atoms with Crippen molar-refractivity contribution in [1.82, 2.24) is 14.9 Å². The molecule has 140 valence electrons. The highest BCUT2D eigenvalue weighted by molar-refractivity contribution is 6.00. The van der Waals surface area contributed by atoms with E-state index in [1.54, 1.807) is 34.3 Å². The van der Waals surface area contributed by atoms with Gasteiger partial charge in [-0.15, -0.1) is 0 Å². The summed E-state index contributed by atoms with van der Waals surface area (Å²) in [6.07, 6.45) is 4.05. The van der Waals surface area contributed by atoms with Gasteiger partial charge in [0.1, 0.15) is 11.4 Å². The Bertz CT molecular complexity index is 883. The zero-order chi connectivity index (χ0) is 19.0. The van der Waals surface area contributed by atoms with E-state index in [4.69, 9.17) is 4.74 Å². The summed E-state index contributed by atoms with van der Waals surface area (Å²) in [5.74, 6) is 1.23. The number of ketones is 1. The third-order valence-corrected chi connectivity index (χ3v) is 4.89. The lowest BCUT2D eigenvalue weighted by Crippen LogP contribution is -2.46. The van der Waals surface area contributed by atoms with Crippen molar-refractivity contribution in [1.29, 1.82) is 0 Å². The van der Waals surface area contributed by atoms with Crippen molar-refractivity contribution in [2.75, 3.05) is 37.4 Å². The number of urea groups is 1. The number of para-hydroxylation sites is 1. The molecule has 3 heterocycles. The average molecular weight is 367 g/mol. The first kappa shape index (κ1) is 17.3. The van der Waals surface area contributed by atoms with E-state index in [1.807, 2.05) is 26.2 Å². The number of hydrogen-bond donors (Lipinski definition) is 1. The number of aromatic nitrogens is 2. The van der Waals surface area contributed by atoms with E-state index < -0.39 is 5.60 Å². The van der Waals surface area contributed by atoms with Gasteiger partial charge in [-0.1, -0.05) is 12.1 Å². The smallest absolute Gasteiger partial charge is 0.322 e. The van der Waals surface area contributed by atoms with Gasteiger partial charge in [0.25, 0.3) is 0 Å². The standard InChI is InChI=1S/C19H21N5O3/c1-23(2)17-20-10-13(11-21-17)22-18(26)24-8-7-19(12-24)9-15(25)14-5-3-4-6-16(14)27-19/h3-6,10-11H,7-9,12H2,1-2H3,(H,22,26). The number of likely N-dealkylation sites (tertiary alicyclic amines) is 1. The molecule has 1 atom stereocenters. The summed E-state index contributed by atoms with van der Waals surface area (Å²) >= 11 is 0. The molecular formula is C19H21N5O3. The lowest BCUT2D eigenvalue weighted by molar-refractivity contribution is 0.0482. The summed E-state index contributed by atoms with van der Waals surface area (Å²) in [7, 11) is 3.70. The normalized spacial score (nSPS) is 21.0. The van der Waals surface area contributed by atoms with Crippen LogP contribution in [0.3, 0.4) is 0 Å². The first-order valence-corrected chi connectivity index (χ1v) is 8.82. The fraction of sp³-hybridized carbons (Fsp3) is 0.368. The van der Waals surface area contributed by atoms with Crippen molar-refractivity contribution in [2.24, 2.45) is 0 Å². The molecule has 8 nitrogen and oxygen atoms in total. The summed E-state index contributed by atoms with van der Waals surface area (Å²) in [5.41, 5.74) is 0.496. The molecule has 2 amide bonds. The van der Waals surface area contributed by atoms with E-state index in [-0.39, 0.29) is 18.2 Å². The Kier molecular flexibility index (Phi) is 4.18. The Morgan fingerprint density at radius 2 is 2.00 bits per heavy atom. The van der Waals surface area contributed by atoms with Gasteiger partial charge in [-0.25, -0.2) is 14.8 Å². The Morgan fingerprint density at radius 1 is 1.26 bits per heavy atom. The number of fused-ring (bicyclic) bond motifs is 1. The molecule has 2 aliphatic rings. The Morgan fingerprint density at radius 3 is 2.74 bits per heavy atom. The van der Waals surface area contributed by atoms with Gasteiger partial charge in [-0.05, 0) is 12.1 Å². The lowest BCUT2D eigenvalue weighted by Gasteiger charge is -2.34. The van der Waals surface area contributed by atoms with Crippen LogP contribution in [-0.2, 0) is 0 Å². The van der Waals surface area contributed by atoms with Crippen LogP contribution in [0, 0.1) is 0 Å². The highest BCUT2D eigenvalue weighted by Gasteiger charge is 2.46. The van der Waals surface area contributed by atoms with Gasteiger partial charge >= 0.3 is 6.03 Å². The van der Waals surface area contributed by atoms with Crippen LogP contribution in [0.1, 0.15) is 23.2 Å². The Labute approximate surface area is 157 Å². The first-order chi connectivity index (χ1) is 13.0. The van der Waals surface area contributed by atoms with Crippen molar-refractivity contribution in [3.05, 3.63) is 42.2 Å². The number of ether oxygens (including phenoxy) is 1. The van der Waals surface area contributed by atoms with Crippen molar-refractivity contribution in [3.8, 4) is 5.75 Å². The molecular weight excluding hydrogens is 346 g/mol. The quantitative estimate of drug-likeness (QED) is 0.875. The number of benzene rings is 1. The number of hydrogen-bond acceptors (Lipinski definition) is 6. The van der Waals surface area contributed by atoms with Crippen LogP contribution in [0.5, 0.6) is 5.75 Å². The summed E-state index contributed by atoms with van der Waals surface area (Å²) in [6, 6.07) is 7.02. The summed E-state index contributed by atoms with van der Waals surface area (Å²) in [4.78, 5) is 36.9. The van der Waals surface area contributed by atoms with E-state index in [2.05, 4.69) is 15.3 Å². The van der Waals surface area contributed by atoms with E-state index in [1.165, 1.54) is 0 Å². The van der Waals surface area contributed by atoms with E-state index in [0.29, 0.717) is 42.5 Å². The fourth-order valence-corrected chi connectivity index (χ4v) is 3.51. The number of rotatable bonds is 2. The monoisotopic (exact) mass is 367 g/mol. The van der Waals surface area contributed by atoms with E-state index in [0.717, 1.165) is 0 Å². The number of anilines is 2. The lowest BCUT2D eigenvalue weighted by atomic mass is 9.89. The second-order valence-corrected chi connectivity index (χ2v) is 7.15. The predicted octanol–water partition coefficient (Wildman–Crippen LogP) is 2.18. The fourth-order valence-electron chi connectivity index (χ4n) is 3.51. The van der Waals surface area contributed by atoms with Crippen molar-refractivity contribution in [2.45, 2.75) is 18.4 Å². The molecule has 1 aromatic heterocycles. The predicted molar refractivity (Wildman–Crippen MR) is 100 cm³/mol. The molecule has 1 spiro atoms. The zero-order valence-corrected chi connectivity index (χ0v) is 15.3. The van der Waals surface area contributed by atoms with Gasteiger partial charge < -0.3 is 19.9 Å². The molecule has 2 aliphatic heterocycles. The maximum Gasteiger partial charge on any atom is 0.322 e. The van der Waals surface area contributed by atoms with Crippen LogP contribution in [0.25, 0.3) is 0 Å². The molecule has 1 unspecified atom stereocenters. The Hall–Kier alpha value is -3.16. The number of nitrogens with zero attached hydrogens (tertiary/aromatic N) is 4. The van der Waals surface area contributed by atoms with Gasteiger partial charge in [0.05, 0.1) is 36.6 Å². The molecule has 0 bridgehead atoms. The van der Waals surface area contributed by atoms with Gasteiger partial charge in [0.2, 0.25) is 5.95 Å². The van der Waals surface area contributed by atoms with E-state index in [9.17, 15) is 9.59 Å². The minimum Gasteiger partial charge on any atom is -0.484 e. The molecule has 8 heteroatoms. The molecule has 1 saturated heterocycles. The minimum absolute atomic E-state index is 0.0618. The highest BCUT2D eigenvalue weighted by Crippen LogP contribution is 2.38. The maximum atomic E-state index is 12.6. The van der Waals surface area contributed by atoms with Crippen LogP contribution >= 0.6 is 0 Å². The second kappa shape index (κ2) is 6.53. The maximum absolute atomic E-state index is 12.6. The largest absolute Gasteiger partial charge is 0.484 e. The summed E-state index contributed by atoms with van der Waals surface area (Å²) < 4.78 is 6.15. The third-order valence-electron chi connectivity index (χ3n) is 4.89. The van der Waals surface area contributed by atoms with Crippen molar-refractivity contribution >= 4 is 23.5 Å². The molecule has 4 rings (SSSR count). The van der Waals surface area contributed by atoms with E-state index >= 15 is 0 Å². The highest BCUT2D eigenvalue weighted by atomic mass is 16.5. The summed E-state index contributed by atoms with van der Waals surface area (Å²) in [5, 5.41) is 2.81. The van der Waals surface area contributed by atoms with Crippen LogP contribution in [-0.4, -0.2) is 59.5 Å². The van der Waals surface area contributed by atoms with Gasteiger partial charge in [0, 0.05) is 27.1 Å². The SMILES string of the molecule is CN(C)c1ncc(NC(=O)N2CCC3(CC(=O)c4ccccc4O3)C2)cn1. The molecule has 0 radical (unpaired) electrons. The molecule has 0 saturated carbocycles. The number of Topliss-reactive ketones (excluding diaryl/α,β-unsaturated/α-hetero) is 1. The molecule has 1 N–H and O–H groups in total. The molecule has 1 fully saturated rings. The molecule has 27 heavy (non-hydrogen) atoms. The average Bonchev–Trinajstić information content (AvgIpc) is 3.05. The van der Waals surface area contributed by atoms with Crippen LogP contribution in [0.15, 0.2) is 36.7 Å². The molecule has 1 aromatic carbocycles. The minimum atomic E-state index is -0.645. The number of carbonyl (C=O) groups is 2. The van der Waals surface area contributed by atoms with Gasteiger partial charge in [0.15, 0.2) is 5.78 Å². The van der Waals surface area contributed by atoms with Crippen molar-refractivity contribution in [3.63, 3.8) is 0 Å². The van der Waals surface area contributed by atoms with Crippen LogP contribution < -0.4 is 15.0 Å². The van der Waals surface area contributed by atoms with Crippen molar-refractivity contribution < 1.29 is 14.3 Å². The number of carbonyl (C=O) groups excluding carboxylic acids is 2. The second-order valence-electron chi connectivity index (χ2n) is 7.15. The Balaban J connectivity index is 1.43. The van der Waals surface area contributed by atoms with Gasteiger partial charge in [-0.2, -0.15) is 0 Å². The number of nitrogens with one attached hydrogen (secondary N) is 1. The summed E-state index contributed by atoms with van der Waals surface area (Å²) in [6.45, 7) is 0.896. The van der Waals surface area contributed by atoms with Gasteiger partial charge in [-0.3, -0.25) is 4.79 Å². The zero-order valence-electron chi connectivity index (χ0n) is 15.3. The van der Waals surface area contributed by atoms with Crippen LogP contribution in [0.4, 0.5) is 16.4 Å². The molecule has 2 aromatic rings.